The van der Waals surface area contributed by atoms with Crippen LogP contribution in [0.3, 0.4) is 0 Å². The summed E-state index contributed by atoms with van der Waals surface area (Å²) in [6.45, 7) is 3.73. The quantitative estimate of drug-likeness (QED) is 0.748. The van der Waals surface area contributed by atoms with Gasteiger partial charge in [-0.15, -0.1) is 0 Å². The first-order valence-corrected chi connectivity index (χ1v) is 5.19. The Hall–Kier alpha value is -1.36. The summed E-state index contributed by atoms with van der Waals surface area (Å²) in [5, 5.41) is 8.67. The summed E-state index contributed by atoms with van der Waals surface area (Å²) < 4.78 is 18.0. The molecule has 1 heterocycles. The van der Waals surface area contributed by atoms with Crippen LogP contribution in [-0.2, 0) is 4.74 Å². The summed E-state index contributed by atoms with van der Waals surface area (Å²) in [7, 11) is 0. The molecule has 0 atom stereocenters. The Balaban J connectivity index is 2.56. The molecule has 0 spiro atoms. The smallest absolute Gasteiger partial charge is 0.410 e. The van der Waals surface area contributed by atoms with Crippen LogP contribution in [0.15, 0.2) is 24.1 Å². The first-order chi connectivity index (χ1) is 7.69. The number of halogens is 1. The number of ether oxygens (including phenoxy) is 1. The molecule has 0 aromatic rings. The van der Waals surface area contributed by atoms with Crippen molar-refractivity contribution in [3.05, 3.63) is 24.1 Å². The normalized spacial score (nSPS) is 19.2. The number of carbonyl (C=O) groups is 1. The number of aliphatic hydroxyl groups excluding tert-OH is 1. The lowest BCUT2D eigenvalue weighted by molar-refractivity contribution is 0.110. The van der Waals surface area contributed by atoms with E-state index in [-0.39, 0.29) is 13.2 Å². The van der Waals surface area contributed by atoms with E-state index in [2.05, 4.69) is 6.58 Å². The maximum absolute atomic E-state index is 13.1. The van der Waals surface area contributed by atoms with Gasteiger partial charge in [0.05, 0.1) is 6.61 Å². The highest BCUT2D eigenvalue weighted by atomic mass is 19.1. The van der Waals surface area contributed by atoms with E-state index in [4.69, 9.17) is 9.84 Å². The van der Waals surface area contributed by atoms with Gasteiger partial charge in [0.1, 0.15) is 12.4 Å². The molecule has 16 heavy (non-hydrogen) atoms. The van der Waals surface area contributed by atoms with Gasteiger partial charge in [0, 0.05) is 13.1 Å². The fourth-order valence-electron chi connectivity index (χ4n) is 1.58. The molecule has 90 valence electrons. The predicted molar refractivity (Wildman–Crippen MR) is 57.6 cm³/mol. The maximum Gasteiger partial charge on any atom is 0.410 e. The largest absolute Gasteiger partial charge is 0.445 e. The standard InChI is InChI=1S/C11H16FNO3/c1-2-6-16-11(15)13-5-3-4-9(7-13)10(12)8-14/h2,14H,1,3-8H2/b10-9-. The molecule has 0 radical (unpaired) electrons. The van der Waals surface area contributed by atoms with Gasteiger partial charge in [0.2, 0.25) is 0 Å². The third-order valence-corrected chi connectivity index (χ3v) is 2.39. The summed E-state index contributed by atoms with van der Waals surface area (Å²) in [5.41, 5.74) is 0.476. The van der Waals surface area contributed by atoms with Crippen molar-refractivity contribution in [1.82, 2.24) is 4.90 Å². The monoisotopic (exact) mass is 229 g/mol. The minimum absolute atomic E-state index is 0.150. The molecule has 1 saturated heterocycles. The van der Waals surface area contributed by atoms with Gasteiger partial charge in [-0.05, 0) is 18.4 Å². The van der Waals surface area contributed by atoms with Gasteiger partial charge >= 0.3 is 6.09 Å². The molecule has 0 saturated carbocycles. The van der Waals surface area contributed by atoms with Crippen LogP contribution in [0.1, 0.15) is 12.8 Å². The second-order valence-electron chi connectivity index (χ2n) is 3.56. The number of piperidine rings is 1. The molecular formula is C11H16FNO3. The number of nitrogens with zero attached hydrogens (tertiary/aromatic N) is 1. The third-order valence-electron chi connectivity index (χ3n) is 2.39. The first kappa shape index (κ1) is 12.7. The fourth-order valence-corrected chi connectivity index (χ4v) is 1.58. The number of rotatable bonds is 3. The third kappa shape index (κ3) is 3.34. The van der Waals surface area contributed by atoms with Crippen LogP contribution in [0.25, 0.3) is 0 Å². The van der Waals surface area contributed by atoms with Crippen LogP contribution in [0.2, 0.25) is 0 Å². The van der Waals surface area contributed by atoms with E-state index in [0.29, 0.717) is 25.0 Å². The van der Waals surface area contributed by atoms with Crippen molar-refractivity contribution in [3.63, 3.8) is 0 Å². The van der Waals surface area contributed by atoms with Crippen LogP contribution in [0.4, 0.5) is 9.18 Å². The van der Waals surface area contributed by atoms with Crippen molar-refractivity contribution in [3.8, 4) is 0 Å². The zero-order valence-corrected chi connectivity index (χ0v) is 9.12. The van der Waals surface area contributed by atoms with Crippen LogP contribution >= 0.6 is 0 Å². The zero-order valence-electron chi connectivity index (χ0n) is 9.12. The second kappa shape index (κ2) is 6.27. The van der Waals surface area contributed by atoms with E-state index in [9.17, 15) is 9.18 Å². The SMILES string of the molecule is C=CCOC(=O)N1CCC/C(=C(/F)CO)C1. The average molecular weight is 229 g/mol. The van der Waals surface area contributed by atoms with Crippen molar-refractivity contribution in [2.75, 3.05) is 26.3 Å². The Morgan fingerprint density at radius 2 is 2.44 bits per heavy atom. The van der Waals surface area contributed by atoms with E-state index in [1.807, 2.05) is 0 Å². The highest BCUT2D eigenvalue weighted by Gasteiger charge is 2.22. The highest BCUT2D eigenvalue weighted by molar-refractivity contribution is 5.68. The van der Waals surface area contributed by atoms with Gasteiger partial charge in [-0.2, -0.15) is 0 Å². The van der Waals surface area contributed by atoms with Crippen LogP contribution in [-0.4, -0.2) is 42.4 Å². The Labute approximate surface area is 94.0 Å². The summed E-state index contributed by atoms with van der Waals surface area (Å²) in [6, 6.07) is 0. The molecule has 0 aliphatic carbocycles. The van der Waals surface area contributed by atoms with E-state index in [1.54, 1.807) is 0 Å². The van der Waals surface area contributed by atoms with Gasteiger partial charge in [-0.1, -0.05) is 12.7 Å². The molecule has 5 heteroatoms. The van der Waals surface area contributed by atoms with Crippen LogP contribution in [0.5, 0.6) is 0 Å². The molecule has 0 aromatic heterocycles. The number of likely N-dealkylation sites (tertiary alicyclic amines) is 1. The van der Waals surface area contributed by atoms with Gasteiger partial charge in [-0.3, -0.25) is 0 Å². The van der Waals surface area contributed by atoms with Crippen LogP contribution in [0, 0.1) is 0 Å². The minimum Gasteiger partial charge on any atom is -0.445 e. The summed E-state index contributed by atoms with van der Waals surface area (Å²) >= 11 is 0. The van der Waals surface area contributed by atoms with Crippen molar-refractivity contribution in [2.24, 2.45) is 0 Å². The van der Waals surface area contributed by atoms with Gasteiger partial charge in [-0.25, -0.2) is 9.18 Å². The van der Waals surface area contributed by atoms with E-state index in [1.165, 1.54) is 11.0 Å². The van der Waals surface area contributed by atoms with Gasteiger partial charge in [0.25, 0.3) is 0 Å². The summed E-state index contributed by atoms with van der Waals surface area (Å²) in [6.07, 6.45) is 2.28. The molecule has 0 bridgehead atoms. The van der Waals surface area contributed by atoms with Crippen molar-refractivity contribution in [1.29, 1.82) is 0 Å². The molecule has 4 nitrogen and oxygen atoms in total. The Morgan fingerprint density at radius 1 is 1.69 bits per heavy atom. The average Bonchev–Trinajstić information content (AvgIpc) is 2.35. The molecule has 1 aliphatic rings. The molecule has 1 N–H and O–H groups in total. The lowest BCUT2D eigenvalue weighted by Crippen LogP contribution is -2.37. The fraction of sp³-hybridized carbons (Fsp3) is 0.545. The second-order valence-corrected chi connectivity index (χ2v) is 3.56. The molecule has 1 fully saturated rings. The number of aliphatic hydroxyl groups is 1. The van der Waals surface area contributed by atoms with Gasteiger partial charge in [0.15, 0.2) is 0 Å². The van der Waals surface area contributed by atoms with E-state index >= 15 is 0 Å². The predicted octanol–water partition coefficient (Wildman–Crippen LogP) is 1.62. The Kier molecular flexibility index (Phi) is 4.98. The Morgan fingerprint density at radius 3 is 3.06 bits per heavy atom. The number of hydrogen-bond acceptors (Lipinski definition) is 3. The van der Waals surface area contributed by atoms with E-state index < -0.39 is 18.5 Å². The molecule has 0 aromatic carbocycles. The summed E-state index contributed by atoms with van der Waals surface area (Å²) in [4.78, 5) is 12.9. The zero-order chi connectivity index (χ0) is 12.0. The highest BCUT2D eigenvalue weighted by Crippen LogP contribution is 2.20. The van der Waals surface area contributed by atoms with Gasteiger partial charge < -0.3 is 14.7 Å². The van der Waals surface area contributed by atoms with Crippen molar-refractivity contribution in [2.45, 2.75) is 12.8 Å². The van der Waals surface area contributed by atoms with Crippen molar-refractivity contribution < 1.29 is 19.0 Å². The Bertz CT molecular complexity index is 302. The molecule has 0 unspecified atom stereocenters. The molecule has 1 amide bonds. The number of carbonyl (C=O) groups excluding carboxylic acids is 1. The topological polar surface area (TPSA) is 49.8 Å². The number of hydrogen-bond donors (Lipinski definition) is 1. The lowest BCUT2D eigenvalue weighted by atomic mass is 10.0. The minimum atomic E-state index is -0.606. The molecule has 1 rings (SSSR count). The molecule has 1 aliphatic heterocycles. The van der Waals surface area contributed by atoms with E-state index in [0.717, 1.165) is 0 Å². The first-order valence-electron chi connectivity index (χ1n) is 5.19. The molecular weight excluding hydrogens is 213 g/mol. The lowest BCUT2D eigenvalue weighted by Gasteiger charge is -2.28. The van der Waals surface area contributed by atoms with Crippen LogP contribution < -0.4 is 0 Å². The summed E-state index contributed by atoms with van der Waals surface area (Å²) in [5.74, 6) is -0.541. The maximum atomic E-state index is 13.1. The van der Waals surface area contributed by atoms with Crippen molar-refractivity contribution >= 4 is 6.09 Å². The number of amides is 1.